The molecule has 7 nitrogen and oxygen atoms in total. The van der Waals surface area contributed by atoms with Gasteiger partial charge in [-0.25, -0.2) is 14.2 Å². The topological polar surface area (TPSA) is 90.1 Å². The summed E-state index contributed by atoms with van der Waals surface area (Å²) in [6, 6.07) is 7.40. The Balaban J connectivity index is 1.84. The van der Waals surface area contributed by atoms with Gasteiger partial charge in [-0.1, -0.05) is 17.4 Å². The van der Waals surface area contributed by atoms with Gasteiger partial charge >= 0.3 is 5.97 Å². The zero-order chi connectivity index (χ0) is 22.3. The van der Waals surface area contributed by atoms with Crippen LogP contribution in [0.15, 0.2) is 33.5 Å². The van der Waals surface area contributed by atoms with Crippen molar-refractivity contribution in [2.24, 2.45) is 0 Å². The van der Waals surface area contributed by atoms with Crippen LogP contribution in [0.4, 0.5) is 0 Å². The number of hydrogen-bond acceptors (Lipinski definition) is 6. The highest BCUT2D eigenvalue weighted by Crippen LogP contribution is 2.37. The summed E-state index contributed by atoms with van der Waals surface area (Å²) in [4.78, 5) is 29.3. The van der Waals surface area contributed by atoms with E-state index in [1.54, 1.807) is 22.6 Å². The SMILES string of the molecule is CCOc1cc(/C=c2/sc3nc4c(C)c(C)ccc4n3c2=O)cc(Br)c1OCC(=O)O. The number of ether oxygens (including phenoxy) is 2. The van der Waals surface area contributed by atoms with Crippen LogP contribution >= 0.6 is 27.3 Å². The van der Waals surface area contributed by atoms with Crippen LogP contribution in [0.1, 0.15) is 23.6 Å². The van der Waals surface area contributed by atoms with E-state index in [2.05, 4.69) is 20.9 Å². The molecule has 0 spiro atoms. The summed E-state index contributed by atoms with van der Waals surface area (Å²) in [6.07, 6.45) is 1.77. The van der Waals surface area contributed by atoms with Crippen LogP contribution in [0.3, 0.4) is 0 Å². The van der Waals surface area contributed by atoms with Crippen molar-refractivity contribution in [1.82, 2.24) is 9.38 Å². The van der Waals surface area contributed by atoms with Crippen LogP contribution in [-0.4, -0.2) is 33.7 Å². The predicted octanol–water partition coefficient (Wildman–Crippen LogP) is 3.70. The van der Waals surface area contributed by atoms with E-state index in [4.69, 9.17) is 14.6 Å². The minimum absolute atomic E-state index is 0.133. The second-order valence-corrected chi connectivity index (χ2v) is 8.83. The molecule has 0 fully saturated rings. The van der Waals surface area contributed by atoms with Gasteiger partial charge in [0, 0.05) is 0 Å². The molecule has 0 aliphatic heterocycles. The number of aliphatic carboxylic acids is 1. The van der Waals surface area contributed by atoms with Crippen LogP contribution in [0.5, 0.6) is 11.5 Å². The van der Waals surface area contributed by atoms with Crippen LogP contribution in [0.25, 0.3) is 22.1 Å². The maximum Gasteiger partial charge on any atom is 0.341 e. The van der Waals surface area contributed by atoms with Crippen molar-refractivity contribution in [2.45, 2.75) is 20.8 Å². The molecule has 0 aliphatic rings. The molecule has 4 rings (SSSR count). The van der Waals surface area contributed by atoms with E-state index in [1.165, 1.54) is 11.3 Å². The number of thiazole rings is 1. The Bertz CT molecular complexity index is 1440. The zero-order valence-electron chi connectivity index (χ0n) is 17.1. The number of aromatic nitrogens is 2. The third-order valence-electron chi connectivity index (χ3n) is 4.90. The quantitative estimate of drug-likeness (QED) is 0.432. The first-order valence-corrected chi connectivity index (χ1v) is 11.1. The van der Waals surface area contributed by atoms with Crippen molar-refractivity contribution in [1.29, 1.82) is 0 Å². The highest BCUT2D eigenvalue weighted by Gasteiger charge is 2.16. The minimum atomic E-state index is -1.08. The molecular weight excluding hydrogens is 484 g/mol. The molecule has 0 saturated heterocycles. The van der Waals surface area contributed by atoms with E-state index in [9.17, 15) is 9.59 Å². The first kappa shape index (κ1) is 21.3. The van der Waals surface area contributed by atoms with E-state index in [0.29, 0.717) is 32.1 Å². The van der Waals surface area contributed by atoms with Gasteiger partial charge in [-0.2, -0.15) is 0 Å². The molecule has 2 heterocycles. The molecule has 0 saturated carbocycles. The molecule has 0 amide bonds. The molecule has 160 valence electrons. The molecule has 0 atom stereocenters. The summed E-state index contributed by atoms with van der Waals surface area (Å²) >= 11 is 4.74. The number of fused-ring (bicyclic) bond motifs is 3. The lowest BCUT2D eigenvalue weighted by Gasteiger charge is -2.13. The van der Waals surface area contributed by atoms with Crippen molar-refractivity contribution in [3.05, 3.63) is 60.3 Å². The number of halogens is 1. The number of rotatable bonds is 6. The van der Waals surface area contributed by atoms with Gasteiger partial charge in [0.25, 0.3) is 5.56 Å². The summed E-state index contributed by atoms with van der Waals surface area (Å²) in [5.74, 6) is -0.378. The Kier molecular flexibility index (Phi) is 5.72. The smallest absolute Gasteiger partial charge is 0.341 e. The number of imidazole rings is 1. The summed E-state index contributed by atoms with van der Waals surface area (Å²) in [7, 11) is 0. The summed E-state index contributed by atoms with van der Waals surface area (Å²) < 4.78 is 13.7. The first-order chi connectivity index (χ1) is 14.8. The summed E-state index contributed by atoms with van der Waals surface area (Å²) in [5.41, 5.74) is 4.43. The maximum absolute atomic E-state index is 13.1. The lowest BCUT2D eigenvalue weighted by atomic mass is 10.1. The van der Waals surface area contributed by atoms with Gasteiger partial charge in [0.1, 0.15) is 0 Å². The first-order valence-electron chi connectivity index (χ1n) is 9.54. The fourth-order valence-corrected chi connectivity index (χ4v) is 4.88. The largest absolute Gasteiger partial charge is 0.490 e. The molecule has 0 bridgehead atoms. The Morgan fingerprint density at radius 2 is 2.06 bits per heavy atom. The van der Waals surface area contributed by atoms with Gasteiger partial charge in [0.05, 0.1) is 26.6 Å². The summed E-state index contributed by atoms with van der Waals surface area (Å²) in [5, 5.41) is 8.89. The summed E-state index contributed by atoms with van der Waals surface area (Å²) in [6.45, 7) is 5.75. The molecule has 31 heavy (non-hydrogen) atoms. The van der Waals surface area contributed by atoms with Gasteiger partial charge in [-0.05, 0) is 77.7 Å². The van der Waals surface area contributed by atoms with Crippen LogP contribution in [-0.2, 0) is 4.79 Å². The van der Waals surface area contributed by atoms with Crippen molar-refractivity contribution in [2.75, 3.05) is 13.2 Å². The van der Waals surface area contributed by atoms with Gasteiger partial charge in [0.2, 0.25) is 0 Å². The van der Waals surface area contributed by atoms with E-state index in [0.717, 1.165) is 27.7 Å². The third kappa shape index (κ3) is 3.90. The normalized spacial score (nSPS) is 12.1. The minimum Gasteiger partial charge on any atom is -0.490 e. The second-order valence-electron chi connectivity index (χ2n) is 6.97. The zero-order valence-corrected chi connectivity index (χ0v) is 19.5. The number of nitrogens with zero attached hydrogens (tertiary/aromatic N) is 2. The number of aryl methyl sites for hydroxylation is 2. The van der Waals surface area contributed by atoms with Crippen LogP contribution in [0, 0.1) is 13.8 Å². The number of carboxylic acid groups (broad SMARTS) is 1. The number of hydrogen-bond donors (Lipinski definition) is 1. The second kappa shape index (κ2) is 8.32. The Labute approximate surface area is 189 Å². The maximum atomic E-state index is 13.1. The van der Waals surface area contributed by atoms with Crippen molar-refractivity contribution in [3.8, 4) is 11.5 Å². The standard InChI is InChI=1S/C22H19BrN2O5S/c1-4-29-16-8-13(7-14(23)20(16)30-10-18(26)27)9-17-21(28)25-15-6-5-11(2)12(3)19(15)24-22(25)31-17/h5-9H,4,10H2,1-3H3,(H,26,27)/b17-9+. The molecule has 4 aromatic rings. The number of benzene rings is 2. The highest BCUT2D eigenvalue weighted by atomic mass is 79.9. The fourth-order valence-electron chi connectivity index (χ4n) is 3.32. The van der Waals surface area contributed by atoms with Gasteiger partial charge < -0.3 is 14.6 Å². The average Bonchev–Trinajstić information content (AvgIpc) is 3.21. The van der Waals surface area contributed by atoms with Crippen molar-refractivity contribution in [3.63, 3.8) is 0 Å². The molecule has 0 radical (unpaired) electrons. The Morgan fingerprint density at radius 3 is 2.77 bits per heavy atom. The lowest BCUT2D eigenvalue weighted by Crippen LogP contribution is -2.22. The van der Waals surface area contributed by atoms with E-state index in [1.807, 2.05) is 32.9 Å². The Morgan fingerprint density at radius 1 is 1.29 bits per heavy atom. The monoisotopic (exact) mass is 502 g/mol. The molecule has 2 aromatic heterocycles. The highest BCUT2D eigenvalue weighted by molar-refractivity contribution is 9.10. The van der Waals surface area contributed by atoms with Crippen molar-refractivity contribution >= 4 is 55.3 Å². The van der Waals surface area contributed by atoms with Gasteiger partial charge in [-0.15, -0.1) is 0 Å². The molecule has 2 aromatic carbocycles. The molecule has 1 N–H and O–H groups in total. The molecule has 0 unspecified atom stereocenters. The number of carbonyl (C=O) groups is 1. The van der Waals surface area contributed by atoms with E-state index in [-0.39, 0.29) is 5.56 Å². The predicted molar refractivity (Wildman–Crippen MR) is 124 cm³/mol. The van der Waals surface area contributed by atoms with Gasteiger partial charge in [-0.3, -0.25) is 4.79 Å². The van der Waals surface area contributed by atoms with E-state index >= 15 is 0 Å². The fraction of sp³-hybridized carbons (Fsp3) is 0.227. The van der Waals surface area contributed by atoms with Crippen LogP contribution in [0.2, 0.25) is 0 Å². The van der Waals surface area contributed by atoms with E-state index < -0.39 is 12.6 Å². The average molecular weight is 503 g/mol. The van der Waals surface area contributed by atoms with Crippen LogP contribution < -0.4 is 19.6 Å². The molecule has 0 aliphatic carbocycles. The molecule has 9 heteroatoms. The van der Waals surface area contributed by atoms with Gasteiger partial charge in [0.15, 0.2) is 23.1 Å². The number of carboxylic acids is 1. The third-order valence-corrected chi connectivity index (χ3v) is 6.46. The lowest BCUT2D eigenvalue weighted by molar-refractivity contribution is -0.139. The Hall–Kier alpha value is -2.91. The molecular formula is C22H19BrN2O5S. The van der Waals surface area contributed by atoms with Crippen molar-refractivity contribution < 1.29 is 19.4 Å².